The minimum atomic E-state index is 0. The molecular formula is C7H14OY-2. The Morgan fingerprint density at radius 1 is 1.44 bits per heavy atom. The molecule has 0 bridgehead atoms. The topological polar surface area (TPSA) is 9.23 Å². The first kappa shape index (κ1) is 12.7. The molecule has 0 atom stereocenters. The molecule has 0 fully saturated rings. The Bertz CT molecular complexity index is 56.4. The van der Waals surface area contributed by atoms with E-state index in [2.05, 4.69) is 27.7 Å². The fourth-order valence-corrected chi connectivity index (χ4v) is 0.309. The molecule has 0 rings (SSSR count). The van der Waals surface area contributed by atoms with Gasteiger partial charge in [0.05, 0.1) is 0 Å². The third-order valence-electron chi connectivity index (χ3n) is 0.555. The van der Waals surface area contributed by atoms with E-state index in [9.17, 15) is 0 Å². The van der Waals surface area contributed by atoms with Crippen molar-refractivity contribution in [1.82, 2.24) is 0 Å². The maximum Gasteiger partial charge on any atom is 0 e. The average Bonchev–Trinajstić information content (AvgIpc) is 1.59. The summed E-state index contributed by atoms with van der Waals surface area (Å²) < 4.78 is 4.96. The number of ether oxygens (including phenoxy) is 1. The van der Waals surface area contributed by atoms with Gasteiger partial charge >= 0.3 is 0 Å². The van der Waals surface area contributed by atoms with Crippen LogP contribution in [0.4, 0.5) is 0 Å². The van der Waals surface area contributed by atoms with Crippen LogP contribution in [-0.4, -0.2) is 6.61 Å². The van der Waals surface area contributed by atoms with Crippen molar-refractivity contribution in [3.05, 3.63) is 13.5 Å². The molecule has 0 aromatic heterocycles. The molecule has 0 heterocycles. The molecule has 9 heavy (non-hydrogen) atoms. The molecule has 0 unspecified atom stereocenters. The Morgan fingerprint density at radius 3 is 2.00 bits per heavy atom. The van der Waals surface area contributed by atoms with E-state index in [1.165, 1.54) is 0 Å². The van der Waals surface area contributed by atoms with Crippen LogP contribution < -0.4 is 0 Å². The summed E-state index contributed by atoms with van der Waals surface area (Å²) in [7, 11) is 0. The molecule has 0 aromatic rings. The zero-order valence-corrected chi connectivity index (χ0v) is 9.32. The maximum absolute atomic E-state index is 4.96. The van der Waals surface area contributed by atoms with Gasteiger partial charge in [-0.05, 0) is 0 Å². The van der Waals surface area contributed by atoms with Crippen molar-refractivity contribution in [3.63, 3.8) is 0 Å². The fourth-order valence-electron chi connectivity index (χ4n) is 0.309. The second kappa shape index (κ2) is 5.82. The van der Waals surface area contributed by atoms with Crippen molar-refractivity contribution in [2.45, 2.75) is 20.8 Å². The smallest absolute Gasteiger partial charge is 0 e. The summed E-state index contributed by atoms with van der Waals surface area (Å²) in [5.74, 6) is 0. The van der Waals surface area contributed by atoms with Gasteiger partial charge in [0.15, 0.2) is 0 Å². The van der Waals surface area contributed by atoms with E-state index < -0.39 is 0 Å². The van der Waals surface area contributed by atoms with Crippen LogP contribution in [0.25, 0.3) is 0 Å². The third-order valence-corrected chi connectivity index (χ3v) is 0.555. The van der Waals surface area contributed by atoms with Crippen LogP contribution in [0.2, 0.25) is 0 Å². The normalized spacial score (nSPS) is 10.7. The molecule has 2 heteroatoms. The van der Waals surface area contributed by atoms with Crippen molar-refractivity contribution in [2.24, 2.45) is 5.41 Å². The van der Waals surface area contributed by atoms with E-state index in [0.717, 1.165) is 0 Å². The van der Waals surface area contributed by atoms with Gasteiger partial charge in [0.1, 0.15) is 0 Å². The first-order chi connectivity index (χ1) is 3.56. The summed E-state index contributed by atoms with van der Waals surface area (Å²) in [5, 5.41) is 0. The van der Waals surface area contributed by atoms with Crippen LogP contribution in [0.5, 0.6) is 0 Å². The van der Waals surface area contributed by atoms with Crippen LogP contribution in [-0.2, 0) is 37.4 Å². The Hall–Kier alpha value is 1.06. The van der Waals surface area contributed by atoms with E-state index in [0.29, 0.717) is 6.61 Å². The van der Waals surface area contributed by atoms with Crippen LogP contribution in [0.3, 0.4) is 0 Å². The molecule has 1 nitrogen and oxygen atoms in total. The minimum absolute atomic E-state index is 0. The molecule has 0 spiro atoms. The molecule has 0 aliphatic carbocycles. The zero-order valence-electron chi connectivity index (χ0n) is 6.48. The largest absolute Gasteiger partial charge is 0.577 e. The summed E-state index contributed by atoms with van der Waals surface area (Å²) in [4.78, 5) is 0. The van der Waals surface area contributed by atoms with Crippen molar-refractivity contribution in [3.8, 4) is 0 Å². The zero-order chi connectivity index (χ0) is 6.62. The van der Waals surface area contributed by atoms with E-state index in [1.54, 1.807) is 6.61 Å². The standard InChI is InChI=1S/C7H14O.Y/c1-5-8-6-7(2,3)4;/h6H,1,5H2,2-4H3;/q-2;. The van der Waals surface area contributed by atoms with Gasteiger partial charge in [0.2, 0.25) is 0 Å². The van der Waals surface area contributed by atoms with Gasteiger partial charge in [-0.3, -0.25) is 0 Å². The molecule has 0 amide bonds. The fraction of sp³-hybridized carbons (Fsp3) is 0.714. The van der Waals surface area contributed by atoms with Gasteiger partial charge in [-0.2, -0.15) is 0 Å². The van der Waals surface area contributed by atoms with Crippen LogP contribution >= 0.6 is 0 Å². The average molecular weight is 203 g/mol. The number of hydrogen-bond acceptors (Lipinski definition) is 1. The van der Waals surface area contributed by atoms with E-state index >= 15 is 0 Å². The van der Waals surface area contributed by atoms with Crippen molar-refractivity contribution < 1.29 is 37.4 Å². The number of rotatable bonds is 2. The second-order valence-corrected chi connectivity index (χ2v) is 2.85. The number of hydrogen-bond donors (Lipinski definition) is 0. The van der Waals surface area contributed by atoms with Gasteiger partial charge < -0.3 is 11.7 Å². The molecule has 1 radical (unpaired) electrons. The monoisotopic (exact) mass is 203 g/mol. The molecular weight excluding hydrogens is 189 g/mol. The van der Waals surface area contributed by atoms with E-state index in [1.807, 2.05) is 0 Å². The molecule has 0 aliphatic heterocycles. The molecule has 0 saturated heterocycles. The summed E-state index contributed by atoms with van der Waals surface area (Å²) >= 11 is 0. The Morgan fingerprint density at radius 2 is 1.89 bits per heavy atom. The van der Waals surface area contributed by atoms with Gasteiger partial charge in [0.25, 0.3) is 0 Å². The van der Waals surface area contributed by atoms with Gasteiger partial charge in [-0.15, -0.1) is 12.0 Å². The summed E-state index contributed by atoms with van der Waals surface area (Å²) in [6.07, 6.45) is 0. The first-order valence-electron chi connectivity index (χ1n) is 2.81. The summed E-state index contributed by atoms with van der Waals surface area (Å²) in [6, 6.07) is 0. The Kier molecular flexibility index (Phi) is 8.22. The van der Waals surface area contributed by atoms with Crippen molar-refractivity contribution in [2.75, 3.05) is 6.61 Å². The molecule has 0 aromatic carbocycles. The van der Waals surface area contributed by atoms with Crippen LogP contribution in [0, 0.1) is 18.9 Å². The Labute approximate surface area is 83.4 Å². The van der Waals surface area contributed by atoms with E-state index in [4.69, 9.17) is 4.74 Å². The molecule has 0 saturated carbocycles. The first-order valence-corrected chi connectivity index (χ1v) is 2.81. The molecule has 53 valence electrons. The summed E-state index contributed by atoms with van der Waals surface area (Å²) in [5.41, 5.74) is 0.164. The predicted octanol–water partition coefficient (Wildman–Crippen LogP) is 2.04. The quantitative estimate of drug-likeness (QED) is 0.624. The van der Waals surface area contributed by atoms with E-state index in [-0.39, 0.29) is 38.1 Å². The van der Waals surface area contributed by atoms with Gasteiger partial charge in [-0.25, -0.2) is 6.61 Å². The molecule has 0 N–H and O–H groups in total. The minimum Gasteiger partial charge on any atom is -0.577 e. The second-order valence-electron chi connectivity index (χ2n) is 2.85. The Balaban J connectivity index is 0. The SMILES string of the molecule is [CH2-]CO[CH-]C(C)(C)C.[Y]. The predicted molar refractivity (Wildman–Crippen MR) is 35.1 cm³/mol. The third kappa shape index (κ3) is 12.3. The van der Waals surface area contributed by atoms with Crippen molar-refractivity contribution >= 4 is 0 Å². The van der Waals surface area contributed by atoms with Gasteiger partial charge in [-0.1, -0.05) is 20.8 Å². The van der Waals surface area contributed by atoms with Crippen molar-refractivity contribution in [1.29, 1.82) is 0 Å². The molecule has 0 aliphatic rings. The van der Waals surface area contributed by atoms with Gasteiger partial charge in [0, 0.05) is 32.7 Å². The van der Waals surface area contributed by atoms with Crippen LogP contribution in [0.1, 0.15) is 20.8 Å². The summed E-state index contributed by atoms with van der Waals surface area (Å²) in [6.45, 7) is 12.1. The maximum atomic E-state index is 4.96. The van der Waals surface area contributed by atoms with Crippen LogP contribution in [0.15, 0.2) is 0 Å².